The highest BCUT2D eigenvalue weighted by Gasteiger charge is 2.46. The maximum Gasteiger partial charge on any atom is 0.151 e. The SMILES string of the molecule is O=C1[C@@H](CO)[C@@H]2C=C[C@@H](O2)[C@H]1c1ccccc1. The average molecular weight is 230 g/mol. The number of carbonyl (C=O) groups is 1. The molecule has 3 heteroatoms. The molecule has 1 aromatic rings. The number of ketones is 1. The van der Waals surface area contributed by atoms with Gasteiger partial charge in [0.15, 0.2) is 5.78 Å². The first-order chi connectivity index (χ1) is 8.31. The van der Waals surface area contributed by atoms with Gasteiger partial charge in [-0.25, -0.2) is 0 Å². The van der Waals surface area contributed by atoms with E-state index in [4.69, 9.17) is 4.74 Å². The zero-order valence-corrected chi connectivity index (χ0v) is 9.32. The Hall–Kier alpha value is -1.45. The zero-order chi connectivity index (χ0) is 11.8. The number of ether oxygens (including phenoxy) is 1. The van der Waals surface area contributed by atoms with E-state index in [1.807, 2.05) is 42.5 Å². The average Bonchev–Trinajstić information content (AvgIpc) is 2.76. The molecule has 0 spiro atoms. The van der Waals surface area contributed by atoms with E-state index >= 15 is 0 Å². The molecule has 17 heavy (non-hydrogen) atoms. The minimum atomic E-state index is -0.421. The highest BCUT2D eigenvalue weighted by atomic mass is 16.5. The summed E-state index contributed by atoms with van der Waals surface area (Å²) in [5.74, 6) is -0.608. The summed E-state index contributed by atoms with van der Waals surface area (Å²) in [6.45, 7) is -0.149. The number of benzene rings is 1. The van der Waals surface area contributed by atoms with Crippen molar-refractivity contribution in [3.63, 3.8) is 0 Å². The highest BCUT2D eigenvalue weighted by molar-refractivity contribution is 5.91. The van der Waals surface area contributed by atoms with E-state index in [1.54, 1.807) is 0 Å². The van der Waals surface area contributed by atoms with Crippen LogP contribution >= 0.6 is 0 Å². The molecule has 1 fully saturated rings. The van der Waals surface area contributed by atoms with E-state index in [-0.39, 0.29) is 30.5 Å². The number of fused-ring (bicyclic) bond motifs is 2. The lowest BCUT2D eigenvalue weighted by atomic mass is 9.81. The van der Waals surface area contributed by atoms with Crippen LogP contribution in [0, 0.1) is 5.92 Å². The van der Waals surface area contributed by atoms with Gasteiger partial charge in [0, 0.05) is 0 Å². The van der Waals surface area contributed by atoms with Crippen molar-refractivity contribution >= 4 is 5.78 Å². The van der Waals surface area contributed by atoms with Gasteiger partial charge in [0.2, 0.25) is 0 Å². The van der Waals surface area contributed by atoms with Crippen molar-refractivity contribution < 1.29 is 14.6 Å². The van der Waals surface area contributed by atoms with E-state index in [0.29, 0.717) is 0 Å². The third-order valence-corrected chi connectivity index (χ3v) is 3.56. The van der Waals surface area contributed by atoms with Gasteiger partial charge in [0.05, 0.1) is 30.7 Å². The van der Waals surface area contributed by atoms with Crippen LogP contribution in [0.2, 0.25) is 0 Å². The molecule has 0 aliphatic carbocycles. The number of aliphatic hydroxyl groups excluding tert-OH is 1. The fourth-order valence-electron chi connectivity index (χ4n) is 2.67. The Bertz CT molecular complexity index is 452. The van der Waals surface area contributed by atoms with E-state index in [2.05, 4.69) is 0 Å². The second-order valence-electron chi connectivity index (χ2n) is 4.53. The number of hydrogen-bond acceptors (Lipinski definition) is 3. The summed E-state index contributed by atoms with van der Waals surface area (Å²) in [5, 5.41) is 9.31. The summed E-state index contributed by atoms with van der Waals surface area (Å²) >= 11 is 0. The summed E-state index contributed by atoms with van der Waals surface area (Å²) in [6.07, 6.45) is 3.43. The van der Waals surface area contributed by atoms with E-state index < -0.39 is 5.92 Å². The second-order valence-corrected chi connectivity index (χ2v) is 4.53. The van der Waals surface area contributed by atoms with E-state index in [0.717, 1.165) is 5.56 Å². The highest BCUT2D eigenvalue weighted by Crippen LogP contribution is 2.38. The number of hydrogen-bond donors (Lipinski definition) is 1. The minimum absolute atomic E-state index is 0.0879. The van der Waals surface area contributed by atoms with Crippen LogP contribution in [0.15, 0.2) is 42.5 Å². The lowest BCUT2D eigenvalue weighted by Crippen LogP contribution is -2.43. The van der Waals surface area contributed by atoms with E-state index in [9.17, 15) is 9.90 Å². The summed E-state index contributed by atoms with van der Waals surface area (Å²) in [6, 6.07) is 9.64. The first-order valence-electron chi connectivity index (χ1n) is 5.84. The van der Waals surface area contributed by atoms with Gasteiger partial charge in [-0.15, -0.1) is 0 Å². The number of Topliss-reactive ketones (excluding diaryl/α,β-unsaturated/α-hetero) is 1. The van der Waals surface area contributed by atoms with Gasteiger partial charge in [-0.05, 0) is 5.56 Å². The molecule has 0 unspecified atom stereocenters. The van der Waals surface area contributed by atoms with Crippen LogP contribution in [-0.4, -0.2) is 29.7 Å². The summed E-state index contributed by atoms with van der Waals surface area (Å²) in [4.78, 5) is 12.3. The van der Waals surface area contributed by atoms with Gasteiger partial charge in [-0.3, -0.25) is 4.79 Å². The van der Waals surface area contributed by atoms with Crippen molar-refractivity contribution in [3.05, 3.63) is 48.0 Å². The van der Waals surface area contributed by atoms with Crippen LogP contribution in [0.5, 0.6) is 0 Å². The Morgan fingerprint density at radius 2 is 1.82 bits per heavy atom. The predicted molar refractivity (Wildman–Crippen MR) is 62.6 cm³/mol. The molecule has 1 aromatic carbocycles. The van der Waals surface area contributed by atoms with Crippen LogP contribution in [-0.2, 0) is 9.53 Å². The van der Waals surface area contributed by atoms with Gasteiger partial charge in [0.1, 0.15) is 0 Å². The standard InChI is InChI=1S/C14H14O3/c15-8-10-11-6-7-12(17-11)13(14(10)16)9-4-2-1-3-5-9/h1-7,10-13,15H,8H2/t10-,11-,12+,13+/m0/s1. The molecular weight excluding hydrogens is 216 g/mol. The van der Waals surface area contributed by atoms with Crippen LogP contribution < -0.4 is 0 Å². The van der Waals surface area contributed by atoms with Gasteiger partial charge in [0.25, 0.3) is 0 Å². The quantitative estimate of drug-likeness (QED) is 0.779. The largest absolute Gasteiger partial charge is 0.396 e. The van der Waals surface area contributed by atoms with Crippen LogP contribution in [0.25, 0.3) is 0 Å². The van der Waals surface area contributed by atoms with Crippen molar-refractivity contribution in [3.8, 4) is 0 Å². The molecule has 2 aliphatic rings. The summed E-state index contributed by atoms with van der Waals surface area (Å²) < 4.78 is 5.75. The normalized spacial score (nSPS) is 35.2. The monoisotopic (exact) mass is 230 g/mol. The van der Waals surface area contributed by atoms with Crippen molar-refractivity contribution in [2.45, 2.75) is 18.1 Å². The topological polar surface area (TPSA) is 46.5 Å². The Labute approximate surface area is 99.7 Å². The smallest absolute Gasteiger partial charge is 0.151 e. The van der Waals surface area contributed by atoms with Crippen molar-refractivity contribution in [1.29, 1.82) is 0 Å². The molecule has 0 saturated carbocycles. The van der Waals surface area contributed by atoms with Crippen LogP contribution in [0.4, 0.5) is 0 Å². The molecule has 2 aliphatic heterocycles. The Balaban J connectivity index is 1.99. The number of carbonyl (C=O) groups excluding carboxylic acids is 1. The van der Waals surface area contributed by atoms with Crippen molar-refractivity contribution in [2.75, 3.05) is 6.61 Å². The molecule has 0 radical (unpaired) electrons. The molecular formula is C14H14O3. The molecule has 1 saturated heterocycles. The molecule has 4 atom stereocenters. The molecule has 1 N–H and O–H groups in total. The number of rotatable bonds is 2. The lowest BCUT2D eigenvalue weighted by molar-refractivity contribution is -0.142. The molecule has 88 valence electrons. The van der Waals surface area contributed by atoms with Gasteiger partial charge < -0.3 is 9.84 Å². The summed E-state index contributed by atoms with van der Waals surface area (Å²) in [7, 11) is 0. The second kappa shape index (κ2) is 4.09. The molecule has 2 bridgehead atoms. The molecule has 0 aromatic heterocycles. The van der Waals surface area contributed by atoms with Gasteiger partial charge in [-0.1, -0.05) is 42.5 Å². The molecule has 3 nitrogen and oxygen atoms in total. The van der Waals surface area contributed by atoms with Gasteiger partial charge in [-0.2, -0.15) is 0 Å². The predicted octanol–water partition coefficient (Wildman–Crippen LogP) is 1.28. The Morgan fingerprint density at radius 3 is 2.53 bits per heavy atom. The summed E-state index contributed by atoms with van der Waals surface area (Å²) in [5.41, 5.74) is 0.964. The maximum atomic E-state index is 12.3. The third-order valence-electron chi connectivity index (χ3n) is 3.56. The first kappa shape index (κ1) is 10.7. The molecule has 0 amide bonds. The Kier molecular flexibility index (Phi) is 2.57. The van der Waals surface area contributed by atoms with Crippen LogP contribution in [0.3, 0.4) is 0 Å². The van der Waals surface area contributed by atoms with Crippen LogP contribution in [0.1, 0.15) is 11.5 Å². The minimum Gasteiger partial charge on any atom is -0.396 e. The van der Waals surface area contributed by atoms with Gasteiger partial charge >= 0.3 is 0 Å². The Morgan fingerprint density at radius 1 is 1.12 bits per heavy atom. The van der Waals surface area contributed by atoms with Crippen molar-refractivity contribution in [1.82, 2.24) is 0 Å². The van der Waals surface area contributed by atoms with E-state index in [1.165, 1.54) is 0 Å². The maximum absolute atomic E-state index is 12.3. The molecule has 3 rings (SSSR count). The lowest BCUT2D eigenvalue weighted by Gasteiger charge is -2.33. The molecule has 2 heterocycles. The fraction of sp³-hybridized carbons (Fsp3) is 0.357. The third kappa shape index (κ3) is 1.63. The van der Waals surface area contributed by atoms with Crippen molar-refractivity contribution in [2.24, 2.45) is 5.92 Å². The zero-order valence-electron chi connectivity index (χ0n) is 9.32. The first-order valence-corrected chi connectivity index (χ1v) is 5.84. The number of aliphatic hydroxyl groups is 1. The fourth-order valence-corrected chi connectivity index (χ4v) is 2.67.